The van der Waals surface area contributed by atoms with Crippen LogP contribution < -0.4 is 0 Å². The van der Waals surface area contributed by atoms with Crippen LogP contribution in [0, 0.1) is 5.92 Å². The molecule has 6 heteroatoms. The van der Waals surface area contributed by atoms with E-state index in [1.54, 1.807) is 14.1 Å². The first-order chi connectivity index (χ1) is 13.0. The number of nitrogens with zero attached hydrogens (tertiary/aromatic N) is 3. The van der Waals surface area contributed by atoms with Gasteiger partial charge in [0.1, 0.15) is 5.76 Å². The Morgan fingerprint density at radius 3 is 2.70 bits per heavy atom. The molecule has 2 saturated heterocycles. The van der Waals surface area contributed by atoms with Crippen molar-refractivity contribution in [3.05, 3.63) is 53.2 Å². The maximum Gasteiger partial charge on any atom is 0.275 e. The lowest BCUT2D eigenvalue weighted by atomic mass is 9.72. The van der Waals surface area contributed by atoms with Crippen LogP contribution in [0.2, 0.25) is 0 Å². The van der Waals surface area contributed by atoms with Crippen molar-refractivity contribution in [2.75, 3.05) is 20.6 Å². The lowest BCUT2D eigenvalue weighted by Crippen LogP contribution is -2.41. The molecule has 1 aromatic heterocycles. The van der Waals surface area contributed by atoms with Gasteiger partial charge < -0.3 is 14.2 Å². The van der Waals surface area contributed by atoms with Gasteiger partial charge in [0.25, 0.3) is 5.91 Å². The molecule has 3 fully saturated rings. The number of aromatic nitrogens is 1. The Hall–Kier alpha value is -2.63. The van der Waals surface area contributed by atoms with Crippen LogP contribution in [0.3, 0.4) is 0 Å². The van der Waals surface area contributed by atoms with Crippen molar-refractivity contribution in [2.24, 2.45) is 5.92 Å². The molecule has 5 rings (SSSR count). The number of benzene rings is 1. The molecular weight excluding hydrogens is 342 g/mol. The summed E-state index contributed by atoms with van der Waals surface area (Å²) in [5.41, 5.74) is 2.71. The van der Waals surface area contributed by atoms with E-state index in [9.17, 15) is 9.59 Å². The van der Waals surface area contributed by atoms with Crippen molar-refractivity contribution in [3.63, 3.8) is 0 Å². The molecule has 1 aromatic carbocycles. The van der Waals surface area contributed by atoms with Crippen LogP contribution in [0.25, 0.3) is 0 Å². The molecule has 3 unspecified atom stereocenters. The van der Waals surface area contributed by atoms with Crippen LogP contribution >= 0.6 is 0 Å². The van der Waals surface area contributed by atoms with Gasteiger partial charge in [-0.2, -0.15) is 0 Å². The summed E-state index contributed by atoms with van der Waals surface area (Å²) in [6.45, 7) is 2.85. The maximum absolute atomic E-state index is 13.0. The Morgan fingerprint density at radius 1 is 1.26 bits per heavy atom. The number of oxazole rings is 1. The zero-order chi connectivity index (χ0) is 19.1. The van der Waals surface area contributed by atoms with E-state index in [-0.39, 0.29) is 23.8 Å². The largest absolute Gasteiger partial charge is 0.447 e. The standard InChI is InChI=1S/C21H25N3O3/c1-4-13-7-5-6-8-14(13)10-17(25)24-11-15-9-16(24)18(15)20-19(22-12-27-20)21(26)23(2)3/h5-8,12,15-16,18H,4,9-11H2,1-3H3. The summed E-state index contributed by atoms with van der Waals surface area (Å²) in [5.74, 6) is 1.07. The Labute approximate surface area is 159 Å². The van der Waals surface area contributed by atoms with Gasteiger partial charge in [-0.05, 0) is 29.9 Å². The third-order valence-corrected chi connectivity index (χ3v) is 5.97. The highest BCUT2D eigenvalue weighted by Crippen LogP contribution is 2.53. The zero-order valence-electron chi connectivity index (χ0n) is 16.0. The predicted molar refractivity (Wildman–Crippen MR) is 100 cm³/mol. The molecule has 1 saturated carbocycles. The molecule has 0 radical (unpaired) electrons. The number of aryl methyl sites for hydroxylation is 1. The first-order valence-electron chi connectivity index (χ1n) is 9.52. The topological polar surface area (TPSA) is 66.7 Å². The Bertz CT molecular complexity index is 873. The van der Waals surface area contributed by atoms with Crippen molar-refractivity contribution in [1.82, 2.24) is 14.8 Å². The van der Waals surface area contributed by atoms with Gasteiger partial charge in [0.15, 0.2) is 12.1 Å². The summed E-state index contributed by atoms with van der Waals surface area (Å²) in [6, 6.07) is 8.24. The lowest BCUT2D eigenvalue weighted by Gasteiger charge is -2.35. The summed E-state index contributed by atoms with van der Waals surface area (Å²) in [7, 11) is 3.41. The molecule has 0 spiro atoms. The van der Waals surface area contributed by atoms with Crippen LogP contribution in [-0.2, 0) is 17.6 Å². The fourth-order valence-corrected chi connectivity index (χ4v) is 4.50. The van der Waals surface area contributed by atoms with E-state index < -0.39 is 0 Å². The smallest absolute Gasteiger partial charge is 0.275 e. The van der Waals surface area contributed by atoms with E-state index in [0.717, 1.165) is 24.9 Å². The van der Waals surface area contributed by atoms with Crippen molar-refractivity contribution in [2.45, 2.75) is 38.1 Å². The highest BCUT2D eigenvalue weighted by molar-refractivity contribution is 5.93. The molecule has 2 aliphatic heterocycles. The van der Waals surface area contributed by atoms with Gasteiger partial charge in [0.05, 0.1) is 6.42 Å². The van der Waals surface area contributed by atoms with E-state index in [1.165, 1.54) is 16.9 Å². The highest BCUT2D eigenvalue weighted by atomic mass is 16.3. The summed E-state index contributed by atoms with van der Waals surface area (Å²) in [5, 5.41) is 0. The predicted octanol–water partition coefficient (Wildman–Crippen LogP) is 2.50. The average molecular weight is 367 g/mol. The van der Waals surface area contributed by atoms with Gasteiger partial charge in [0.2, 0.25) is 5.91 Å². The number of hydrogen-bond acceptors (Lipinski definition) is 4. The molecule has 2 bridgehead atoms. The molecular formula is C21H25N3O3. The average Bonchev–Trinajstić information content (AvgIpc) is 3.36. The highest BCUT2D eigenvalue weighted by Gasteiger charge is 2.56. The van der Waals surface area contributed by atoms with E-state index in [0.29, 0.717) is 23.8 Å². The van der Waals surface area contributed by atoms with Gasteiger partial charge in [-0.15, -0.1) is 0 Å². The maximum atomic E-state index is 13.0. The third kappa shape index (κ3) is 2.93. The molecule has 6 nitrogen and oxygen atoms in total. The fraction of sp³-hybridized carbons (Fsp3) is 0.476. The van der Waals surface area contributed by atoms with Crippen molar-refractivity contribution in [1.29, 1.82) is 0 Å². The number of hydrogen-bond donors (Lipinski definition) is 0. The van der Waals surface area contributed by atoms with Crippen LogP contribution in [0.1, 0.15) is 46.6 Å². The second-order valence-corrected chi connectivity index (χ2v) is 7.70. The molecule has 3 heterocycles. The van der Waals surface area contributed by atoms with Crippen LogP contribution in [0.5, 0.6) is 0 Å². The minimum atomic E-state index is -0.153. The Kier molecular flexibility index (Phi) is 4.50. The molecule has 27 heavy (non-hydrogen) atoms. The number of carbonyl (C=O) groups is 2. The zero-order valence-corrected chi connectivity index (χ0v) is 16.0. The molecule has 2 aromatic rings. The van der Waals surface area contributed by atoms with Crippen LogP contribution in [-0.4, -0.2) is 53.3 Å². The van der Waals surface area contributed by atoms with Crippen molar-refractivity contribution in [3.8, 4) is 0 Å². The quantitative estimate of drug-likeness (QED) is 0.814. The van der Waals surface area contributed by atoms with Gasteiger partial charge in [-0.3, -0.25) is 9.59 Å². The summed E-state index contributed by atoms with van der Waals surface area (Å²) >= 11 is 0. The molecule has 0 N–H and O–H groups in total. The van der Waals surface area contributed by atoms with Gasteiger partial charge in [-0.25, -0.2) is 4.98 Å². The Balaban J connectivity index is 1.51. The SMILES string of the molecule is CCc1ccccc1CC(=O)N1CC2CC1C2c1ocnc1C(=O)N(C)C. The minimum Gasteiger partial charge on any atom is -0.447 e. The number of carbonyl (C=O) groups excluding carboxylic acids is 2. The van der Waals surface area contributed by atoms with Crippen LogP contribution in [0.4, 0.5) is 0 Å². The normalized spacial score (nSPS) is 23.2. The second-order valence-electron chi connectivity index (χ2n) is 7.70. The molecule has 1 aliphatic carbocycles. The number of rotatable bonds is 5. The number of fused-ring (bicyclic) bond motifs is 1. The molecule has 142 valence electrons. The van der Waals surface area contributed by atoms with E-state index >= 15 is 0 Å². The molecule has 3 atom stereocenters. The minimum absolute atomic E-state index is 0.0803. The van der Waals surface area contributed by atoms with E-state index in [4.69, 9.17) is 4.42 Å². The Morgan fingerprint density at radius 2 is 2.00 bits per heavy atom. The molecule has 3 aliphatic rings. The van der Waals surface area contributed by atoms with Gasteiger partial charge >= 0.3 is 0 Å². The first kappa shape index (κ1) is 17.8. The summed E-state index contributed by atoms with van der Waals surface area (Å²) in [4.78, 5) is 32.9. The van der Waals surface area contributed by atoms with Crippen molar-refractivity contribution >= 4 is 11.8 Å². The van der Waals surface area contributed by atoms with Gasteiger partial charge in [0, 0.05) is 32.6 Å². The lowest BCUT2D eigenvalue weighted by molar-refractivity contribution is -0.130. The summed E-state index contributed by atoms with van der Waals surface area (Å²) < 4.78 is 5.61. The molecule has 2 amide bonds. The van der Waals surface area contributed by atoms with Crippen molar-refractivity contribution < 1.29 is 14.0 Å². The number of amides is 2. The monoisotopic (exact) mass is 367 g/mol. The van der Waals surface area contributed by atoms with Crippen LogP contribution in [0.15, 0.2) is 35.1 Å². The van der Waals surface area contributed by atoms with E-state index in [1.807, 2.05) is 23.1 Å². The summed E-state index contributed by atoms with van der Waals surface area (Å²) in [6.07, 6.45) is 3.67. The van der Waals surface area contributed by atoms with E-state index in [2.05, 4.69) is 18.0 Å². The van der Waals surface area contributed by atoms with Gasteiger partial charge in [-0.1, -0.05) is 31.2 Å². The second kappa shape index (κ2) is 6.83. The first-order valence-corrected chi connectivity index (χ1v) is 9.52. The third-order valence-electron chi connectivity index (χ3n) is 5.97. The fourth-order valence-electron chi connectivity index (χ4n) is 4.50.